The van der Waals surface area contributed by atoms with Crippen LogP contribution in [0.5, 0.6) is 0 Å². The van der Waals surface area contributed by atoms with Gasteiger partial charge in [0.15, 0.2) is 5.82 Å². The molecule has 4 rings (SSSR count). The number of hydrogen-bond acceptors (Lipinski definition) is 3. The Morgan fingerprint density at radius 3 is 2.40 bits per heavy atom. The summed E-state index contributed by atoms with van der Waals surface area (Å²) in [5, 5.41) is 2.87. The van der Waals surface area contributed by atoms with Crippen molar-refractivity contribution in [3.8, 4) is 0 Å². The molecule has 2 heterocycles. The lowest BCUT2D eigenvalue weighted by Crippen LogP contribution is -2.13. The van der Waals surface area contributed by atoms with Crippen molar-refractivity contribution in [2.24, 2.45) is 0 Å². The number of carbonyl (C=O) groups is 1. The quantitative estimate of drug-likeness (QED) is 0.598. The Bertz CT molecular complexity index is 974. The van der Waals surface area contributed by atoms with Crippen molar-refractivity contribution in [1.82, 2.24) is 15.0 Å². The third-order valence-electron chi connectivity index (χ3n) is 3.97. The molecule has 0 spiro atoms. The number of para-hydroxylation sites is 2. The molecule has 2 N–H and O–H groups in total. The highest BCUT2D eigenvalue weighted by molar-refractivity contribution is 6.03. The van der Waals surface area contributed by atoms with Gasteiger partial charge in [0.1, 0.15) is 0 Å². The van der Waals surface area contributed by atoms with Crippen molar-refractivity contribution in [3.05, 3.63) is 90.0 Å². The summed E-state index contributed by atoms with van der Waals surface area (Å²) >= 11 is 0. The second kappa shape index (κ2) is 6.57. The molecule has 122 valence electrons. The van der Waals surface area contributed by atoms with Gasteiger partial charge in [-0.25, -0.2) is 4.98 Å². The van der Waals surface area contributed by atoms with Gasteiger partial charge in [-0.1, -0.05) is 24.3 Å². The minimum Gasteiger partial charge on any atom is -0.334 e. The van der Waals surface area contributed by atoms with E-state index in [4.69, 9.17) is 0 Å². The van der Waals surface area contributed by atoms with Gasteiger partial charge in [-0.2, -0.15) is 0 Å². The normalized spacial score (nSPS) is 10.7. The first kappa shape index (κ1) is 15.1. The van der Waals surface area contributed by atoms with Crippen LogP contribution in [0.4, 0.5) is 5.69 Å². The third kappa shape index (κ3) is 3.40. The van der Waals surface area contributed by atoms with Crippen molar-refractivity contribution in [1.29, 1.82) is 0 Å². The molecule has 0 aliphatic carbocycles. The molecule has 5 nitrogen and oxygen atoms in total. The van der Waals surface area contributed by atoms with Gasteiger partial charge in [0.25, 0.3) is 5.91 Å². The molecule has 0 aliphatic rings. The molecule has 0 saturated heterocycles. The first-order valence-electron chi connectivity index (χ1n) is 8.02. The van der Waals surface area contributed by atoms with Gasteiger partial charge in [-0.05, 0) is 53.9 Å². The first-order chi connectivity index (χ1) is 12.3. The number of H-pyrrole nitrogens is 1. The summed E-state index contributed by atoms with van der Waals surface area (Å²) in [7, 11) is 0. The summed E-state index contributed by atoms with van der Waals surface area (Å²) < 4.78 is 0. The van der Waals surface area contributed by atoms with Gasteiger partial charge in [0.05, 0.1) is 11.0 Å². The molecule has 2 aromatic carbocycles. The number of nitrogens with zero attached hydrogens (tertiary/aromatic N) is 2. The molecule has 4 aromatic rings. The smallest absolute Gasteiger partial charge is 0.291 e. The number of hydrogen-bond donors (Lipinski definition) is 2. The predicted octanol–water partition coefficient (Wildman–Crippen LogP) is 3.80. The number of amides is 1. The zero-order valence-electron chi connectivity index (χ0n) is 13.4. The summed E-state index contributed by atoms with van der Waals surface area (Å²) in [5.41, 5.74) is 4.74. The Balaban J connectivity index is 1.46. The minimum atomic E-state index is -0.252. The zero-order chi connectivity index (χ0) is 17.1. The van der Waals surface area contributed by atoms with Crippen LogP contribution in [0.15, 0.2) is 73.1 Å². The van der Waals surface area contributed by atoms with E-state index in [2.05, 4.69) is 20.3 Å². The standard InChI is InChI=1S/C20H16N4O/c25-20(19-23-17-3-1-2-4-18(17)24-19)22-16-7-5-14(6-8-16)13-15-9-11-21-12-10-15/h1-12H,13H2,(H,22,25)(H,23,24). The SMILES string of the molecule is O=C(Nc1ccc(Cc2ccncc2)cc1)c1nc2ccccc2[nH]1. The summed E-state index contributed by atoms with van der Waals surface area (Å²) in [5.74, 6) is 0.0557. The van der Waals surface area contributed by atoms with Gasteiger partial charge in [0, 0.05) is 18.1 Å². The van der Waals surface area contributed by atoms with E-state index in [-0.39, 0.29) is 5.91 Å². The van der Waals surface area contributed by atoms with Crippen LogP contribution in [0.2, 0.25) is 0 Å². The van der Waals surface area contributed by atoms with Crippen LogP contribution in [-0.2, 0) is 6.42 Å². The molecule has 0 saturated carbocycles. The summed E-state index contributed by atoms with van der Waals surface area (Å²) in [6, 6.07) is 19.4. The molecular weight excluding hydrogens is 312 g/mol. The molecule has 0 unspecified atom stereocenters. The van der Waals surface area contributed by atoms with Gasteiger partial charge in [-0.3, -0.25) is 9.78 Å². The number of aromatic amines is 1. The number of nitrogens with one attached hydrogen (secondary N) is 2. The van der Waals surface area contributed by atoms with Gasteiger partial charge in [0.2, 0.25) is 0 Å². The monoisotopic (exact) mass is 328 g/mol. The number of aromatic nitrogens is 3. The second-order valence-electron chi connectivity index (χ2n) is 5.79. The molecular formula is C20H16N4O. The van der Waals surface area contributed by atoms with Crippen molar-refractivity contribution < 1.29 is 4.79 Å². The van der Waals surface area contributed by atoms with E-state index in [1.807, 2.05) is 60.7 Å². The van der Waals surface area contributed by atoms with Crippen LogP contribution in [0.3, 0.4) is 0 Å². The summed E-state index contributed by atoms with van der Waals surface area (Å²) in [6.45, 7) is 0. The Kier molecular flexibility index (Phi) is 3.96. The van der Waals surface area contributed by atoms with Crippen molar-refractivity contribution in [2.45, 2.75) is 6.42 Å². The fraction of sp³-hybridized carbons (Fsp3) is 0.0500. The Morgan fingerprint density at radius 1 is 0.920 bits per heavy atom. The molecule has 2 aromatic heterocycles. The van der Waals surface area contributed by atoms with Crippen molar-refractivity contribution >= 4 is 22.6 Å². The lowest BCUT2D eigenvalue weighted by atomic mass is 10.1. The van der Waals surface area contributed by atoms with Gasteiger partial charge < -0.3 is 10.3 Å². The highest BCUT2D eigenvalue weighted by Crippen LogP contribution is 2.15. The number of pyridine rings is 1. The van der Waals surface area contributed by atoms with Gasteiger partial charge >= 0.3 is 0 Å². The van der Waals surface area contributed by atoms with Crippen LogP contribution in [-0.4, -0.2) is 20.9 Å². The van der Waals surface area contributed by atoms with Crippen LogP contribution in [0.1, 0.15) is 21.7 Å². The highest BCUT2D eigenvalue weighted by Gasteiger charge is 2.11. The highest BCUT2D eigenvalue weighted by atomic mass is 16.2. The van der Waals surface area contributed by atoms with Crippen molar-refractivity contribution in [3.63, 3.8) is 0 Å². The Morgan fingerprint density at radius 2 is 1.64 bits per heavy atom. The number of benzene rings is 2. The van der Waals surface area contributed by atoms with Gasteiger partial charge in [-0.15, -0.1) is 0 Å². The molecule has 5 heteroatoms. The second-order valence-corrected chi connectivity index (χ2v) is 5.79. The molecule has 1 amide bonds. The maximum absolute atomic E-state index is 12.3. The van der Waals surface area contributed by atoms with Crippen LogP contribution >= 0.6 is 0 Å². The molecule has 0 aliphatic heterocycles. The molecule has 0 atom stereocenters. The average Bonchev–Trinajstić information content (AvgIpc) is 3.09. The van der Waals surface area contributed by atoms with E-state index in [9.17, 15) is 4.79 Å². The van der Waals surface area contributed by atoms with Crippen LogP contribution < -0.4 is 5.32 Å². The van der Waals surface area contributed by atoms with Crippen LogP contribution in [0.25, 0.3) is 11.0 Å². The Labute approximate surface area is 144 Å². The maximum Gasteiger partial charge on any atom is 0.291 e. The topological polar surface area (TPSA) is 70.7 Å². The number of fused-ring (bicyclic) bond motifs is 1. The van der Waals surface area contributed by atoms with E-state index in [1.54, 1.807) is 12.4 Å². The van der Waals surface area contributed by atoms with E-state index in [0.29, 0.717) is 5.82 Å². The molecule has 0 fully saturated rings. The van der Waals surface area contributed by atoms with E-state index in [1.165, 1.54) is 11.1 Å². The average molecular weight is 328 g/mol. The number of anilines is 1. The molecule has 0 bridgehead atoms. The lowest BCUT2D eigenvalue weighted by molar-refractivity contribution is 0.101. The predicted molar refractivity (Wildman–Crippen MR) is 97.5 cm³/mol. The first-order valence-corrected chi connectivity index (χ1v) is 8.02. The van der Waals surface area contributed by atoms with E-state index < -0.39 is 0 Å². The molecule has 25 heavy (non-hydrogen) atoms. The minimum absolute atomic E-state index is 0.252. The zero-order valence-corrected chi connectivity index (χ0v) is 13.4. The van der Waals surface area contributed by atoms with Crippen LogP contribution in [0, 0.1) is 0 Å². The van der Waals surface area contributed by atoms with E-state index in [0.717, 1.165) is 23.1 Å². The summed E-state index contributed by atoms with van der Waals surface area (Å²) in [4.78, 5) is 23.7. The fourth-order valence-electron chi connectivity index (χ4n) is 2.69. The number of imidazole rings is 1. The summed E-state index contributed by atoms with van der Waals surface area (Å²) in [6.07, 6.45) is 4.41. The third-order valence-corrected chi connectivity index (χ3v) is 3.97. The molecule has 0 radical (unpaired) electrons. The fourth-order valence-corrected chi connectivity index (χ4v) is 2.69. The Hall–Kier alpha value is -3.47. The number of carbonyl (C=O) groups excluding carboxylic acids is 1. The van der Waals surface area contributed by atoms with Crippen molar-refractivity contribution in [2.75, 3.05) is 5.32 Å². The lowest BCUT2D eigenvalue weighted by Gasteiger charge is -2.05. The van der Waals surface area contributed by atoms with E-state index >= 15 is 0 Å². The maximum atomic E-state index is 12.3. The number of rotatable bonds is 4. The largest absolute Gasteiger partial charge is 0.334 e.